The van der Waals surface area contributed by atoms with Gasteiger partial charge in [0.2, 0.25) is 0 Å². The zero-order chi connectivity index (χ0) is 53.1. The first-order chi connectivity index (χ1) is 37.6. The van der Waals surface area contributed by atoms with Gasteiger partial charge in [-0.2, -0.15) is 0 Å². The van der Waals surface area contributed by atoms with Crippen LogP contribution in [-0.4, -0.2) is 11.3 Å². The zero-order valence-electron chi connectivity index (χ0n) is 45.9. The van der Waals surface area contributed by atoms with Gasteiger partial charge in [0.15, 0.2) is 0 Å². The molecule has 5 heterocycles. The maximum Gasteiger partial charge on any atom is 0.264 e. The topological polar surface area (TPSA) is 14.7 Å². The molecule has 10 aromatic carbocycles. The first-order valence-corrected chi connectivity index (χ1v) is 28.5. The molecule has 0 fully saturated rings. The molecule has 0 N–H and O–H groups in total. The Hall–Kier alpha value is -8.32. The summed E-state index contributed by atoms with van der Waals surface area (Å²) in [6.45, 7) is 21.2. The molecule has 15 rings (SSSR count). The molecular formula is C72H61BN4S. The number of para-hydroxylation sites is 2. The molecule has 3 aliphatic heterocycles. The lowest BCUT2D eigenvalue weighted by atomic mass is 9.35. The van der Waals surface area contributed by atoms with Gasteiger partial charge in [0, 0.05) is 54.1 Å². The Morgan fingerprint density at radius 1 is 0.410 bits per heavy atom. The Morgan fingerprint density at radius 3 is 1.69 bits per heavy atom. The second-order valence-corrected chi connectivity index (χ2v) is 26.2. The van der Waals surface area contributed by atoms with E-state index >= 15 is 0 Å². The summed E-state index contributed by atoms with van der Waals surface area (Å²) in [6, 6.07) is 78.5. The Kier molecular flexibility index (Phi) is 9.99. The number of fused-ring (bicyclic) bond motifs is 12. The standard InChI is InChI=1S/C72H61BN4S/c1-70(2,3)48-31-33-59-55(37-48)56-38-49(71(4,5)6)40-62-66(56)76(59)63-41-50(72(7,8)9)39-58-68(63)77(62)61-43-54(74(51-25-15-11-16-26-51)52-27-17-12-18-28-52)42-60-65(61)73(58)69-67(75(60)53-32-29-45-23-19-20-24-46(45)35-53)57-36-47(30-34-64(57)78-69)44-21-13-10-14-22-44/h10-43H,1-9H3. The lowest BCUT2D eigenvalue weighted by Gasteiger charge is -2.46. The van der Waals surface area contributed by atoms with Crippen LogP contribution in [0.1, 0.15) is 79.0 Å². The molecule has 3 aliphatic rings. The third-order valence-corrected chi connectivity index (χ3v) is 18.3. The normalized spacial score (nSPS) is 13.6. The number of anilines is 9. The number of hydrogen-bond donors (Lipinski definition) is 0. The Morgan fingerprint density at radius 2 is 1.01 bits per heavy atom. The molecule has 12 aromatic rings. The van der Waals surface area contributed by atoms with Gasteiger partial charge in [-0.25, -0.2) is 0 Å². The summed E-state index contributed by atoms with van der Waals surface area (Å²) in [7, 11) is 0. The van der Waals surface area contributed by atoms with Crippen LogP contribution in [0.3, 0.4) is 0 Å². The summed E-state index contributed by atoms with van der Waals surface area (Å²) in [5, 5.41) is 6.31. The van der Waals surface area contributed by atoms with E-state index in [1.54, 1.807) is 0 Å². The van der Waals surface area contributed by atoms with Crippen LogP contribution in [0.15, 0.2) is 206 Å². The monoisotopic (exact) mass is 1020 g/mol. The Balaban J connectivity index is 1.14. The van der Waals surface area contributed by atoms with E-state index in [1.807, 2.05) is 11.3 Å². The second-order valence-electron chi connectivity index (χ2n) is 25.1. The first-order valence-electron chi connectivity index (χ1n) is 27.7. The fourth-order valence-electron chi connectivity index (χ4n) is 13.0. The number of nitrogens with zero attached hydrogens (tertiary/aromatic N) is 4. The van der Waals surface area contributed by atoms with E-state index in [2.05, 4.69) is 288 Å². The van der Waals surface area contributed by atoms with Gasteiger partial charge in [-0.1, -0.05) is 178 Å². The summed E-state index contributed by atoms with van der Waals surface area (Å²) in [5.74, 6) is 0. The molecule has 0 spiro atoms. The summed E-state index contributed by atoms with van der Waals surface area (Å²) in [5.41, 5.74) is 23.1. The van der Waals surface area contributed by atoms with Gasteiger partial charge in [-0.05, 0) is 157 Å². The quantitative estimate of drug-likeness (QED) is 0.160. The SMILES string of the molecule is CC(C)(C)c1cc2c3c(c1)-n1c4ccc(C(C)(C)C)cc4c4cc(C(C)(C)C)cc(c41)N3c1cc(N(c3ccccc3)c3ccccc3)cc3c1B2c1sc2ccc(-c4ccccc4)cc2c1N3c1ccc2ccccc2c1. The van der Waals surface area contributed by atoms with Crippen LogP contribution in [0.5, 0.6) is 0 Å². The minimum atomic E-state index is -0.146. The highest BCUT2D eigenvalue weighted by atomic mass is 32.1. The smallest absolute Gasteiger partial charge is 0.264 e. The van der Waals surface area contributed by atoms with Crippen LogP contribution in [0.2, 0.25) is 0 Å². The molecule has 0 unspecified atom stereocenters. The molecule has 6 heteroatoms. The molecule has 0 amide bonds. The molecule has 0 saturated carbocycles. The van der Waals surface area contributed by atoms with E-state index in [4.69, 9.17) is 0 Å². The molecule has 0 aliphatic carbocycles. The van der Waals surface area contributed by atoms with Crippen molar-refractivity contribution in [2.75, 3.05) is 14.7 Å². The fourth-order valence-corrected chi connectivity index (χ4v) is 14.3. The van der Waals surface area contributed by atoms with Gasteiger partial charge in [-0.15, -0.1) is 11.3 Å². The van der Waals surface area contributed by atoms with Crippen molar-refractivity contribution in [1.82, 2.24) is 4.57 Å². The second kappa shape index (κ2) is 16.6. The van der Waals surface area contributed by atoms with Crippen LogP contribution < -0.4 is 30.4 Å². The van der Waals surface area contributed by atoms with E-state index in [0.717, 1.165) is 22.7 Å². The highest BCUT2D eigenvalue weighted by Gasteiger charge is 2.49. The van der Waals surface area contributed by atoms with Crippen molar-refractivity contribution >= 4 is 128 Å². The predicted molar refractivity (Wildman–Crippen MR) is 337 cm³/mol. The molecule has 0 bridgehead atoms. The lowest BCUT2D eigenvalue weighted by molar-refractivity contribution is 0.590. The minimum absolute atomic E-state index is 0.0228. The number of benzene rings is 10. The van der Waals surface area contributed by atoms with Crippen LogP contribution in [-0.2, 0) is 16.2 Å². The number of aromatic nitrogens is 1. The van der Waals surface area contributed by atoms with Crippen molar-refractivity contribution in [1.29, 1.82) is 0 Å². The third-order valence-electron chi connectivity index (χ3n) is 17.0. The third kappa shape index (κ3) is 6.98. The molecular weight excluding hydrogens is 964 g/mol. The van der Waals surface area contributed by atoms with Gasteiger partial charge >= 0.3 is 0 Å². The van der Waals surface area contributed by atoms with Crippen molar-refractivity contribution in [3.05, 3.63) is 223 Å². The highest BCUT2D eigenvalue weighted by Crippen LogP contribution is 2.57. The number of hydrogen-bond acceptors (Lipinski definition) is 4. The van der Waals surface area contributed by atoms with Crippen molar-refractivity contribution in [2.24, 2.45) is 0 Å². The van der Waals surface area contributed by atoms with Crippen molar-refractivity contribution < 1.29 is 0 Å². The summed E-state index contributed by atoms with van der Waals surface area (Å²) in [4.78, 5) is 7.84. The zero-order valence-corrected chi connectivity index (χ0v) is 46.7. The molecule has 4 nitrogen and oxygen atoms in total. The van der Waals surface area contributed by atoms with E-state index in [1.165, 1.54) is 120 Å². The molecule has 0 saturated heterocycles. The Bertz CT molecular complexity index is 4420. The largest absolute Gasteiger partial charge is 0.310 e. The van der Waals surface area contributed by atoms with Gasteiger partial charge in [0.05, 0.1) is 39.5 Å². The Labute approximate surface area is 462 Å². The van der Waals surface area contributed by atoms with E-state index in [-0.39, 0.29) is 23.0 Å². The molecule has 2 aromatic heterocycles. The summed E-state index contributed by atoms with van der Waals surface area (Å²) < 4.78 is 5.31. The number of rotatable bonds is 5. The highest BCUT2D eigenvalue weighted by molar-refractivity contribution is 7.33. The molecule has 378 valence electrons. The summed E-state index contributed by atoms with van der Waals surface area (Å²) >= 11 is 1.97. The molecule has 0 atom stereocenters. The van der Waals surface area contributed by atoms with Gasteiger partial charge in [0.1, 0.15) is 0 Å². The van der Waals surface area contributed by atoms with E-state index in [9.17, 15) is 0 Å². The average molecular weight is 1030 g/mol. The van der Waals surface area contributed by atoms with Gasteiger partial charge in [-0.3, -0.25) is 0 Å². The maximum atomic E-state index is 2.72. The summed E-state index contributed by atoms with van der Waals surface area (Å²) in [6.07, 6.45) is 0. The van der Waals surface area contributed by atoms with E-state index < -0.39 is 0 Å². The van der Waals surface area contributed by atoms with Crippen LogP contribution in [0, 0.1) is 0 Å². The van der Waals surface area contributed by atoms with Gasteiger partial charge < -0.3 is 19.3 Å². The van der Waals surface area contributed by atoms with Gasteiger partial charge in [0.25, 0.3) is 6.71 Å². The molecule has 78 heavy (non-hydrogen) atoms. The predicted octanol–water partition coefficient (Wildman–Crippen LogP) is 18.6. The maximum absolute atomic E-state index is 2.72. The van der Waals surface area contributed by atoms with Crippen LogP contribution >= 0.6 is 11.3 Å². The van der Waals surface area contributed by atoms with E-state index in [0.29, 0.717) is 0 Å². The van der Waals surface area contributed by atoms with Crippen molar-refractivity contribution in [3.63, 3.8) is 0 Å². The first kappa shape index (κ1) is 46.9. The fraction of sp³-hybridized carbons (Fsp3) is 0.167. The minimum Gasteiger partial charge on any atom is -0.310 e. The molecule has 0 radical (unpaired) electrons. The van der Waals surface area contributed by atoms with Crippen molar-refractivity contribution in [3.8, 4) is 16.8 Å². The van der Waals surface area contributed by atoms with Crippen molar-refractivity contribution in [2.45, 2.75) is 78.6 Å². The average Bonchev–Trinajstić information content (AvgIpc) is 2.93. The number of thiophene rings is 1. The van der Waals surface area contributed by atoms with Crippen LogP contribution in [0.4, 0.5) is 51.2 Å². The van der Waals surface area contributed by atoms with Crippen LogP contribution in [0.25, 0.3) is 59.5 Å². The lowest BCUT2D eigenvalue weighted by Crippen LogP contribution is -2.61.